The summed E-state index contributed by atoms with van der Waals surface area (Å²) >= 11 is 0. The van der Waals surface area contributed by atoms with E-state index < -0.39 is 11.7 Å². The Kier molecular flexibility index (Phi) is 6.18. The van der Waals surface area contributed by atoms with Crippen molar-refractivity contribution in [1.82, 2.24) is 4.90 Å². The van der Waals surface area contributed by atoms with Gasteiger partial charge in [-0.3, -0.25) is 4.90 Å². The largest absolute Gasteiger partial charge is 0.495 e. The topological polar surface area (TPSA) is 53.8 Å². The highest BCUT2D eigenvalue weighted by Gasteiger charge is 2.31. The van der Waals surface area contributed by atoms with Gasteiger partial charge in [-0.25, -0.2) is 0 Å². The maximum Gasteiger partial charge on any atom is 0.416 e. The third kappa shape index (κ3) is 4.81. The summed E-state index contributed by atoms with van der Waals surface area (Å²) in [4.78, 5) is 4.28. The summed E-state index contributed by atoms with van der Waals surface area (Å²) in [6, 6.07) is 11.1. The molecule has 28 heavy (non-hydrogen) atoms. The minimum Gasteiger partial charge on any atom is -0.495 e. The molecule has 3 rings (SSSR count). The van der Waals surface area contributed by atoms with E-state index in [1.54, 1.807) is 13.2 Å². The molecule has 1 aliphatic heterocycles. The number of nitrogens with zero attached hydrogens (tertiary/aromatic N) is 2. The highest BCUT2D eigenvalue weighted by atomic mass is 19.4. The van der Waals surface area contributed by atoms with Crippen LogP contribution in [-0.2, 0) is 6.18 Å². The van der Waals surface area contributed by atoms with Crippen LogP contribution in [0.25, 0.3) is 0 Å². The summed E-state index contributed by atoms with van der Waals surface area (Å²) in [5.41, 5.74) is 7.49. The lowest BCUT2D eigenvalue weighted by Gasteiger charge is -2.36. The van der Waals surface area contributed by atoms with Gasteiger partial charge in [0.2, 0.25) is 0 Å². The first-order valence-electron chi connectivity index (χ1n) is 9.19. The molecule has 0 bridgehead atoms. The summed E-state index contributed by atoms with van der Waals surface area (Å²) in [6.45, 7) is 4.54. The van der Waals surface area contributed by atoms with Crippen LogP contribution in [0.15, 0.2) is 42.5 Å². The molecule has 1 saturated heterocycles. The number of nitrogens with one attached hydrogen (secondary N) is 1. The number of hydrogen-bond acceptors (Lipinski definition) is 5. The maximum atomic E-state index is 12.9. The lowest BCUT2D eigenvalue weighted by molar-refractivity contribution is -0.137. The van der Waals surface area contributed by atoms with Gasteiger partial charge < -0.3 is 20.7 Å². The Bertz CT molecular complexity index is 789. The number of anilines is 3. The van der Waals surface area contributed by atoms with Crippen molar-refractivity contribution in [3.63, 3.8) is 0 Å². The monoisotopic (exact) mass is 394 g/mol. The Morgan fingerprint density at radius 3 is 2.46 bits per heavy atom. The van der Waals surface area contributed by atoms with Gasteiger partial charge in [0.15, 0.2) is 0 Å². The Balaban J connectivity index is 1.49. The number of benzene rings is 2. The van der Waals surface area contributed by atoms with Gasteiger partial charge in [-0.05, 0) is 30.3 Å². The molecule has 0 spiro atoms. The van der Waals surface area contributed by atoms with Crippen LogP contribution in [0.4, 0.5) is 30.2 Å². The predicted octanol–water partition coefficient (Wildman–Crippen LogP) is 3.53. The average molecular weight is 394 g/mol. The molecule has 8 heteroatoms. The van der Waals surface area contributed by atoms with Crippen molar-refractivity contribution >= 4 is 17.1 Å². The van der Waals surface area contributed by atoms with Gasteiger partial charge >= 0.3 is 6.18 Å². The molecule has 0 amide bonds. The van der Waals surface area contributed by atoms with Gasteiger partial charge in [0.1, 0.15) is 5.75 Å². The highest BCUT2D eigenvalue weighted by molar-refractivity contribution is 5.72. The smallest absolute Gasteiger partial charge is 0.416 e. The van der Waals surface area contributed by atoms with E-state index in [2.05, 4.69) is 10.2 Å². The summed E-state index contributed by atoms with van der Waals surface area (Å²) in [6.07, 6.45) is -4.31. The number of alkyl halides is 3. The molecular weight excluding hydrogens is 369 g/mol. The second kappa shape index (κ2) is 8.60. The van der Waals surface area contributed by atoms with Crippen molar-refractivity contribution in [2.45, 2.75) is 6.18 Å². The van der Waals surface area contributed by atoms with E-state index in [4.69, 9.17) is 10.5 Å². The number of para-hydroxylation sites is 1. The first-order valence-corrected chi connectivity index (χ1v) is 9.19. The molecule has 1 fully saturated rings. The van der Waals surface area contributed by atoms with E-state index in [-0.39, 0.29) is 0 Å². The number of methoxy groups -OCH3 is 1. The van der Waals surface area contributed by atoms with Crippen LogP contribution in [0, 0.1) is 0 Å². The fourth-order valence-corrected chi connectivity index (χ4v) is 3.33. The molecule has 0 unspecified atom stereocenters. The molecule has 2 aromatic rings. The second-order valence-corrected chi connectivity index (χ2v) is 6.73. The van der Waals surface area contributed by atoms with Crippen LogP contribution in [0.2, 0.25) is 0 Å². The molecule has 0 aliphatic carbocycles. The van der Waals surface area contributed by atoms with Crippen molar-refractivity contribution < 1.29 is 17.9 Å². The number of ether oxygens (including phenoxy) is 1. The van der Waals surface area contributed by atoms with E-state index in [0.29, 0.717) is 30.2 Å². The number of rotatable bonds is 6. The molecule has 0 radical (unpaired) electrons. The summed E-state index contributed by atoms with van der Waals surface area (Å²) in [5.74, 6) is 0.639. The number of piperazine rings is 1. The van der Waals surface area contributed by atoms with Crippen LogP contribution in [0.5, 0.6) is 5.75 Å². The molecular formula is C20H25F3N4O. The summed E-state index contributed by atoms with van der Waals surface area (Å²) < 4.78 is 43.9. The summed E-state index contributed by atoms with van der Waals surface area (Å²) in [5, 5.41) is 3.32. The minimum atomic E-state index is -4.31. The van der Waals surface area contributed by atoms with E-state index in [1.807, 2.05) is 23.1 Å². The molecule has 3 N–H and O–H groups in total. The molecule has 0 aromatic heterocycles. The van der Waals surface area contributed by atoms with Crippen molar-refractivity contribution in [3.8, 4) is 5.75 Å². The van der Waals surface area contributed by atoms with Crippen LogP contribution >= 0.6 is 0 Å². The van der Waals surface area contributed by atoms with E-state index >= 15 is 0 Å². The Hall–Kier alpha value is -2.61. The number of nitrogens with two attached hydrogens (primary N) is 1. The van der Waals surface area contributed by atoms with E-state index in [0.717, 1.165) is 37.9 Å². The van der Waals surface area contributed by atoms with Crippen LogP contribution in [0.3, 0.4) is 0 Å². The first-order chi connectivity index (χ1) is 13.4. The SMILES string of the molecule is COc1cccc(NCCN2CCN(c3cccc(C(F)(F)F)c3)CC2)c1N. The van der Waals surface area contributed by atoms with Gasteiger partial charge in [0.25, 0.3) is 0 Å². The standard InChI is InChI=1S/C20H25F3N4O/c1-28-18-7-3-6-17(19(18)24)25-8-9-26-10-12-27(13-11-26)16-5-2-4-15(14-16)20(21,22)23/h2-7,14,25H,8-13,24H2,1H3. The van der Waals surface area contributed by atoms with Crippen LogP contribution < -0.4 is 20.7 Å². The average Bonchev–Trinajstić information content (AvgIpc) is 2.69. The zero-order chi connectivity index (χ0) is 20.1. The lowest BCUT2D eigenvalue weighted by Crippen LogP contribution is -2.47. The van der Waals surface area contributed by atoms with Crippen molar-refractivity contribution in [2.75, 3.05) is 62.3 Å². The van der Waals surface area contributed by atoms with Crippen LogP contribution in [-0.4, -0.2) is 51.3 Å². The Morgan fingerprint density at radius 2 is 1.79 bits per heavy atom. The zero-order valence-electron chi connectivity index (χ0n) is 15.8. The van der Waals surface area contributed by atoms with Gasteiger partial charge in [-0.15, -0.1) is 0 Å². The van der Waals surface area contributed by atoms with Gasteiger partial charge in [0, 0.05) is 45.0 Å². The zero-order valence-corrected chi connectivity index (χ0v) is 15.8. The molecule has 0 atom stereocenters. The third-order valence-electron chi connectivity index (χ3n) is 4.94. The first kappa shape index (κ1) is 20.1. The quantitative estimate of drug-likeness (QED) is 0.735. The minimum absolute atomic E-state index is 0.583. The molecule has 5 nitrogen and oxygen atoms in total. The Labute approximate surface area is 162 Å². The fraction of sp³-hybridized carbons (Fsp3) is 0.400. The predicted molar refractivity (Wildman–Crippen MR) is 106 cm³/mol. The fourth-order valence-electron chi connectivity index (χ4n) is 3.33. The molecule has 2 aromatic carbocycles. The summed E-state index contributed by atoms with van der Waals surface area (Å²) in [7, 11) is 1.58. The Morgan fingerprint density at radius 1 is 1.07 bits per heavy atom. The molecule has 0 saturated carbocycles. The number of nitrogen functional groups attached to an aromatic ring is 1. The number of hydrogen-bond donors (Lipinski definition) is 2. The van der Waals surface area contributed by atoms with Crippen molar-refractivity contribution in [2.24, 2.45) is 0 Å². The number of halogens is 3. The van der Waals surface area contributed by atoms with E-state index in [9.17, 15) is 13.2 Å². The lowest BCUT2D eigenvalue weighted by atomic mass is 10.1. The highest BCUT2D eigenvalue weighted by Crippen LogP contribution is 2.32. The van der Waals surface area contributed by atoms with Crippen molar-refractivity contribution in [3.05, 3.63) is 48.0 Å². The maximum absolute atomic E-state index is 12.9. The molecule has 1 aliphatic rings. The molecule has 152 valence electrons. The van der Waals surface area contributed by atoms with Crippen LogP contribution in [0.1, 0.15) is 5.56 Å². The second-order valence-electron chi connectivity index (χ2n) is 6.73. The third-order valence-corrected chi connectivity index (χ3v) is 4.94. The normalized spacial score (nSPS) is 15.5. The van der Waals surface area contributed by atoms with Gasteiger partial charge in [-0.1, -0.05) is 12.1 Å². The van der Waals surface area contributed by atoms with Crippen molar-refractivity contribution in [1.29, 1.82) is 0 Å². The van der Waals surface area contributed by atoms with Gasteiger partial charge in [0.05, 0.1) is 24.0 Å². The van der Waals surface area contributed by atoms with E-state index in [1.165, 1.54) is 12.1 Å². The van der Waals surface area contributed by atoms with Gasteiger partial charge in [-0.2, -0.15) is 13.2 Å². The molecule has 1 heterocycles.